The number of benzene rings is 2. The number of hydrogen-bond donors (Lipinski definition) is 1. The van der Waals surface area contributed by atoms with Crippen LogP contribution >= 0.6 is 0 Å². The molecule has 1 aliphatic rings. The number of amides is 1. The summed E-state index contributed by atoms with van der Waals surface area (Å²) >= 11 is 0. The summed E-state index contributed by atoms with van der Waals surface area (Å²) in [6.45, 7) is 1.29. The van der Waals surface area contributed by atoms with Crippen molar-refractivity contribution < 1.29 is 9.53 Å². The van der Waals surface area contributed by atoms with Crippen LogP contribution in [0.3, 0.4) is 0 Å². The van der Waals surface area contributed by atoms with Gasteiger partial charge in [0.05, 0.1) is 12.7 Å². The maximum absolute atomic E-state index is 12.0. The lowest BCUT2D eigenvalue weighted by Gasteiger charge is -2.14. The van der Waals surface area contributed by atoms with Crippen molar-refractivity contribution >= 4 is 16.7 Å². The summed E-state index contributed by atoms with van der Waals surface area (Å²) < 4.78 is 7.65. The minimum atomic E-state index is -0.112. The van der Waals surface area contributed by atoms with Crippen molar-refractivity contribution in [2.24, 2.45) is 0 Å². The molecular formula is C21H23N3O2. The zero-order chi connectivity index (χ0) is 17.8. The lowest BCUT2D eigenvalue weighted by atomic mass is 9.98. The van der Waals surface area contributed by atoms with E-state index in [1.807, 2.05) is 47.3 Å². The van der Waals surface area contributed by atoms with E-state index in [-0.39, 0.29) is 12.5 Å². The second-order valence-corrected chi connectivity index (χ2v) is 6.69. The highest BCUT2D eigenvalue weighted by atomic mass is 16.5. The summed E-state index contributed by atoms with van der Waals surface area (Å²) in [6, 6.07) is 13.9. The molecule has 0 bridgehead atoms. The molecule has 0 unspecified atom stereocenters. The van der Waals surface area contributed by atoms with E-state index < -0.39 is 0 Å². The molecule has 1 aromatic heterocycles. The Morgan fingerprint density at radius 1 is 1.12 bits per heavy atom. The van der Waals surface area contributed by atoms with Crippen molar-refractivity contribution in [1.82, 2.24) is 15.1 Å². The van der Waals surface area contributed by atoms with E-state index in [0.29, 0.717) is 18.8 Å². The Morgan fingerprint density at radius 2 is 1.96 bits per heavy atom. The molecule has 0 saturated heterocycles. The molecule has 0 aliphatic heterocycles. The average molecular weight is 349 g/mol. The molecule has 0 fully saturated rings. The molecule has 3 aromatic rings. The van der Waals surface area contributed by atoms with Crippen LogP contribution in [-0.2, 0) is 24.2 Å². The van der Waals surface area contributed by atoms with Gasteiger partial charge in [0.25, 0.3) is 5.91 Å². The summed E-state index contributed by atoms with van der Waals surface area (Å²) in [5, 5.41) is 9.63. The highest BCUT2D eigenvalue weighted by Crippen LogP contribution is 2.21. The van der Waals surface area contributed by atoms with E-state index in [0.717, 1.165) is 23.6 Å². The first-order chi connectivity index (χ1) is 12.8. The van der Waals surface area contributed by atoms with E-state index in [1.54, 1.807) is 0 Å². The number of fused-ring (bicyclic) bond motifs is 2. The maximum atomic E-state index is 12.0. The average Bonchev–Trinajstić information content (AvgIpc) is 3.09. The van der Waals surface area contributed by atoms with E-state index in [2.05, 4.69) is 16.5 Å². The van der Waals surface area contributed by atoms with Crippen LogP contribution in [0.1, 0.15) is 24.1 Å². The quantitative estimate of drug-likeness (QED) is 0.744. The van der Waals surface area contributed by atoms with E-state index in [4.69, 9.17) is 4.74 Å². The molecule has 0 spiro atoms. The number of aryl methyl sites for hydroxylation is 1. The van der Waals surface area contributed by atoms with Crippen LogP contribution < -0.4 is 10.1 Å². The Labute approximate surface area is 153 Å². The van der Waals surface area contributed by atoms with Crippen LogP contribution in [0, 0.1) is 0 Å². The van der Waals surface area contributed by atoms with Crippen LogP contribution in [0.4, 0.5) is 0 Å². The van der Waals surface area contributed by atoms with Gasteiger partial charge in [0.2, 0.25) is 0 Å². The molecule has 134 valence electrons. The number of carbonyl (C=O) groups is 1. The minimum absolute atomic E-state index is 0.0234. The largest absolute Gasteiger partial charge is 0.484 e. The van der Waals surface area contributed by atoms with Gasteiger partial charge in [-0.05, 0) is 54.2 Å². The standard InChI is InChI=1S/C21H23N3O2/c25-21(15-26-19-10-9-16-5-1-2-6-17(16)13-19)22-11-12-24-20-8-4-3-7-18(20)14-23-24/h1-2,5-6,9-10,13-14H,3-4,7-8,11-12,15H2,(H,22,25). The number of hydrogen-bond acceptors (Lipinski definition) is 3. The van der Waals surface area contributed by atoms with Crippen LogP contribution in [0.25, 0.3) is 10.8 Å². The third-order valence-electron chi connectivity index (χ3n) is 4.88. The van der Waals surface area contributed by atoms with Gasteiger partial charge < -0.3 is 10.1 Å². The van der Waals surface area contributed by atoms with Gasteiger partial charge >= 0.3 is 0 Å². The lowest BCUT2D eigenvalue weighted by Crippen LogP contribution is -2.32. The van der Waals surface area contributed by atoms with Crippen molar-refractivity contribution in [2.45, 2.75) is 32.2 Å². The first kappa shape index (κ1) is 16.6. The molecule has 4 rings (SSSR count). The molecule has 26 heavy (non-hydrogen) atoms. The topological polar surface area (TPSA) is 56.1 Å². The van der Waals surface area contributed by atoms with Gasteiger partial charge in [-0.15, -0.1) is 0 Å². The normalized spacial score (nSPS) is 13.4. The van der Waals surface area contributed by atoms with Gasteiger partial charge in [-0.2, -0.15) is 5.10 Å². The SMILES string of the molecule is O=C(COc1ccc2ccccc2c1)NCCn1ncc2c1CCCC2. The number of nitrogens with one attached hydrogen (secondary N) is 1. The van der Waals surface area contributed by atoms with Crippen LogP contribution in [0.5, 0.6) is 5.75 Å². The second kappa shape index (κ2) is 7.60. The first-order valence-corrected chi connectivity index (χ1v) is 9.21. The molecule has 0 atom stereocenters. The van der Waals surface area contributed by atoms with Crippen molar-refractivity contribution in [2.75, 3.05) is 13.2 Å². The third-order valence-corrected chi connectivity index (χ3v) is 4.88. The van der Waals surface area contributed by atoms with Crippen molar-refractivity contribution in [3.63, 3.8) is 0 Å². The van der Waals surface area contributed by atoms with Gasteiger partial charge in [-0.1, -0.05) is 30.3 Å². The number of carbonyl (C=O) groups excluding carboxylic acids is 1. The van der Waals surface area contributed by atoms with Crippen molar-refractivity contribution in [3.8, 4) is 5.75 Å². The Hall–Kier alpha value is -2.82. The molecule has 1 N–H and O–H groups in total. The fourth-order valence-corrected chi connectivity index (χ4v) is 3.51. The summed E-state index contributed by atoms with van der Waals surface area (Å²) in [6.07, 6.45) is 6.67. The summed E-state index contributed by atoms with van der Waals surface area (Å²) in [5.74, 6) is 0.596. The summed E-state index contributed by atoms with van der Waals surface area (Å²) in [7, 11) is 0. The smallest absolute Gasteiger partial charge is 0.258 e. The molecule has 0 saturated carbocycles. The molecule has 1 aliphatic carbocycles. The molecule has 2 aromatic carbocycles. The molecule has 0 radical (unpaired) electrons. The zero-order valence-corrected chi connectivity index (χ0v) is 14.8. The van der Waals surface area contributed by atoms with Crippen molar-refractivity contribution in [3.05, 3.63) is 59.9 Å². The van der Waals surface area contributed by atoms with Crippen LogP contribution in [-0.4, -0.2) is 28.8 Å². The molecular weight excluding hydrogens is 326 g/mol. The molecule has 5 nitrogen and oxygen atoms in total. The van der Waals surface area contributed by atoms with E-state index in [1.165, 1.54) is 24.1 Å². The fourth-order valence-electron chi connectivity index (χ4n) is 3.51. The Balaban J connectivity index is 1.25. The molecule has 1 heterocycles. The Bertz CT molecular complexity index is 917. The monoisotopic (exact) mass is 349 g/mol. The second-order valence-electron chi connectivity index (χ2n) is 6.69. The van der Waals surface area contributed by atoms with Crippen LogP contribution in [0.2, 0.25) is 0 Å². The number of aromatic nitrogens is 2. The van der Waals surface area contributed by atoms with Crippen LogP contribution in [0.15, 0.2) is 48.7 Å². The number of nitrogens with zero attached hydrogens (tertiary/aromatic N) is 2. The van der Waals surface area contributed by atoms with Gasteiger partial charge in [0.15, 0.2) is 6.61 Å². The highest BCUT2D eigenvalue weighted by molar-refractivity contribution is 5.84. The first-order valence-electron chi connectivity index (χ1n) is 9.21. The highest BCUT2D eigenvalue weighted by Gasteiger charge is 2.14. The third kappa shape index (κ3) is 3.72. The van der Waals surface area contributed by atoms with Gasteiger partial charge in [0.1, 0.15) is 5.75 Å². The predicted octanol–water partition coefficient (Wildman–Crippen LogP) is 3.11. The predicted molar refractivity (Wildman–Crippen MR) is 101 cm³/mol. The Kier molecular flexibility index (Phi) is 4.86. The fraction of sp³-hybridized carbons (Fsp3) is 0.333. The van der Waals surface area contributed by atoms with Gasteiger partial charge in [0, 0.05) is 12.2 Å². The number of ether oxygens (including phenoxy) is 1. The van der Waals surface area contributed by atoms with Gasteiger partial charge in [-0.3, -0.25) is 9.48 Å². The van der Waals surface area contributed by atoms with Crippen molar-refractivity contribution in [1.29, 1.82) is 0 Å². The van der Waals surface area contributed by atoms with Gasteiger partial charge in [-0.25, -0.2) is 0 Å². The Morgan fingerprint density at radius 3 is 2.88 bits per heavy atom. The maximum Gasteiger partial charge on any atom is 0.258 e. The molecule has 1 amide bonds. The van der Waals surface area contributed by atoms with E-state index in [9.17, 15) is 4.79 Å². The van der Waals surface area contributed by atoms with E-state index >= 15 is 0 Å². The number of rotatable bonds is 6. The summed E-state index contributed by atoms with van der Waals surface area (Å²) in [5.41, 5.74) is 2.69. The zero-order valence-electron chi connectivity index (χ0n) is 14.8. The lowest BCUT2D eigenvalue weighted by molar-refractivity contribution is -0.123. The minimum Gasteiger partial charge on any atom is -0.484 e. The molecule has 5 heteroatoms. The summed E-state index contributed by atoms with van der Waals surface area (Å²) in [4.78, 5) is 12.0.